The summed E-state index contributed by atoms with van der Waals surface area (Å²) >= 11 is 6.68. The zero-order chi connectivity index (χ0) is 27.4. The van der Waals surface area contributed by atoms with Crippen LogP contribution >= 0.6 is 11.6 Å². The van der Waals surface area contributed by atoms with E-state index in [1.165, 1.54) is 21.9 Å². The minimum absolute atomic E-state index is 0.0991. The highest BCUT2D eigenvalue weighted by Gasteiger charge is 2.38. The monoisotopic (exact) mass is 549 g/mol. The van der Waals surface area contributed by atoms with Crippen LogP contribution in [0.3, 0.4) is 0 Å². The molecule has 1 aliphatic rings. The second kappa shape index (κ2) is 9.36. The third kappa shape index (κ3) is 4.35. The van der Waals surface area contributed by atoms with E-state index in [9.17, 15) is 18.3 Å². The van der Waals surface area contributed by atoms with Gasteiger partial charge in [-0.2, -0.15) is 23.3 Å². The summed E-state index contributed by atoms with van der Waals surface area (Å²) in [5, 5.41) is 21.0. The van der Waals surface area contributed by atoms with E-state index in [0.29, 0.717) is 22.6 Å². The molecular weight excluding hydrogens is 527 g/mol. The Morgan fingerprint density at radius 1 is 1.16 bits per heavy atom. The number of aromatic nitrogens is 6. The number of aryl methyl sites for hydroxylation is 1. The van der Waals surface area contributed by atoms with E-state index in [1.54, 1.807) is 44.9 Å². The van der Waals surface area contributed by atoms with E-state index in [1.807, 2.05) is 0 Å². The largest absolute Gasteiger partial charge is 0.450 e. The molecule has 200 valence electrons. The molecule has 5 rings (SSSR count). The van der Waals surface area contributed by atoms with Crippen molar-refractivity contribution in [3.63, 3.8) is 0 Å². The van der Waals surface area contributed by atoms with Gasteiger partial charge in [0, 0.05) is 38.7 Å². The SMILES string of the molecule is CNc1nccn2ncc(Oc3cnc4nc(NC5=CC(C(F)(F)F)=CN(C(C)C)C5O)n(C)c4c3Cl)c12. The number of nitrogens with one attached hydrogen (secondary N) is 2. The highest BCUT2D eigenvalue weighted by Crippen LogP contribution is 2.38. The second-order valence-corrected chi connectivity index (χ2v) is 9.13. The van der Waals surface area contributed by atoms with Gasteiger partial charge in [0.1, 0.15) is 10.5 Å². The number of aliphatic hydroxyl groups is 1. The lowest BCUT2D eigenvalue weighted by atomic mass is 10.1. The zero-order valence-electron chi connectivity index (χ0n) is 20.6. The summed E-state index contributed by atoms with van der Waals surface area (Å²) in [6.07, 6.45) is 1.95. The summed E-state index contributed by atoms with van der Waals surface area (Å²) in [5.41, 5.74) is 0.169. The van der Waals surface area contributed by atoms with Crippen molar-refractivity contribution in [2.45, 2.75) is 32.3 Å². The van der Waals surface area contributed by atoms with Crippen LogP contribution in [0.2, 0.25) is 5.02 Å². The molecule has 0 amide bonds. The fourth-order valence-corrected chi connectivity index (χ4v) is 4.37. The Bertz CT molecular complexity index is 1590. The number of rotatable bonds is 6. The summed E-state index contributed by atoms with van der Waals surface area (Å²) in [6.45, 7) is 3.35. The molecule has 0 bridgehead atoms. The summed E-state index contributed by atoms with van der Waals surface area (Å²) in [7, 11) is 3.33. The van der Waals surface area contributed by atoms with Crippen LogP contribution in [0.1, 0.15) is 13.8 Å². The van der Waals surface area contributed by atoms with Crippen molar-refractivity contribution < 1.29 is 23.0 Å². The van der Waals surface area contributed by atoms with Crippen molar-refractivity contribution >= 4 is 40.0 Å². The first-order valence-corrected chi connectivity index (χ1v) is 11.8. The van der Waals surface area contributed by atoms with Crippen LogP contribution in [0.15, 0.2) is 48.3 Å². The number of hydrogen-bond acceptors (Lipinski definition) is 9. The molecule has 1 unspecified atom stereocenters. The van der Waals surface area contributed by atoms with Gasteiger partial charge in [0.25, 0.3) is 0 Å². The van der Waals surface area contributed by atoms with E-state index < -0.39 is 24.0 Å². The quantitative estimate of drug-likeness (QED) is 0.324. The first-order valence-electron chi connectivity index (χ1n) is 11.4. The van der Waals surface area contributed by atoms with Gasteiger partial charge in [0.15, 0.2) is 34.7 Å². The normalized spacial score (nSPS) is 16.3. The molecule has 0 saturated heterocycles. The van der Waals surface area contributed by atoms with E-state index in [2.05, 4.69) is 30.7 Å². The minimum Gasteiger partial charge on any atom is -0.450 e. The van der Waals surface area contributed by atoms with Crippen LogP contribution in [0.5, 0.6) is 11.5 Å². The second-order valence-electron chi connectivity index (χ2n) is 8.75. The highest BCUT2D eigenvalue weighted by atomic mass is 35.5. The minimum atomic E-state index is -4.61. The molecule has 0 radical (unpaired) electrons. The molecule has 1 aliphatic heterocycles. The fraction of sp³-hybridized carbons (Fsp3) is 0.304. The summed E-state index contributed by atoms with van der Waals surface area (Å²) in [6, 6.07) is -0.400. The number of nitrogens with zero attached hydrogens (tertiary/aromatic N) is 7. The number of fused-ring (bicyclic) bond motifs is 2. The molecule has 0 aromatic carbocycles. The van der Waals surface area contributed by atoms with Gasteiger partial charge in [-0.05, 0) is 19.9 Å². The molecule has 11 nitrogen and oxygen atoms in total. The number of halogens is 4. The number of imidazole rings is 1. The number of anilines is 2. The summed E-state index contributed by atoms with van der Waals surface area (Å²) < 4.78 is 49.7. The molecule has 4 aromatic rings. The van der Waals surface area contributed by atoms with Gasteiger partial charge in [-0.3, -0.25) is 0 Å². The maximum absolute atomic E-state index is 13.5. The van der Waals surface area contributed by atoms with Crippen molar-refractivity contribution in [1.82, 2.24) is 34.0 Å². The van der Waals surface area contributed by atoms with Crippen LogP contribution in [0.25, 0.3) is 16.7 Å². The number of ether oxygens (including phenoxy) is 1. The first kappa shape index (κ1) is 25.6. The summed E-state index contributed by atoms with van der Waals surface area (Å²) in [4.78, 5) is 14.1. The molecule has 5 heterocycles. The average molecular weight is 550 g/mol. The Balaban J connectivity index is 1.51. The van der Waals surface area contributed by atoms with Crippen LogP contribution in [0, 0.1) is 0 Å². The molecule has 0 aliphatic carbocycles. The van der Waals surface area contributed by atoms with Gasteiger partial charge in [0.05, 0.1) is 23.7 Å². The molecule has 0 saturated carbocycles. The molecule has 4 aromatic heterocycles. The maximum Gasteiger partial charge on any atom is 0.417 e. The molecule has 38 heavy (non-hydrogen) atoms. The van der Waals surface area contributed by atoms with E-state index in [4.69, 9.17) is 16.3 Å². The molecular formula is C23H23ClF3N9O2. The van der Waals surface area contributed by atoms with E-state index >= 15 is 0 Å². The van der Waals surface area contributed by atoms with Crippen molar-refractivity contribution in [1.29, 1.82) is 0 Å². The first-order chi connectivity index (χ1) is 18.0. The molecule has 0 spiro atoms. The number of hydrogen-bond donors (Lipinski definition) is 3. The number of allylic oxidation sites excluding steroid dienone is 2. The van der Waals surface area contributed by atoms with Crippen molar-refractivity contribution in [2.75, 3.05) is 17.7 Å². The Morgan fingerprint density at radius 3 is 2.61 bits per heavy atom. The highest BCUT2D eigenvalue weighted by molar-refractivity contribution is 6.36. The topological polar surface area (TPSA) is 118 Å². The lowest BCUT2D eigenvalue weighted by Crippen LogP contribution is -2.42. The van der Waals surface area contributed by atoms with E-state index in [-0.39, 0.29) is 28.1 Å². The predicted molar refractivity (Wildman–Crippen MR) is 135 cm³/mol. The lowest BCUT2D eigenvalue weighted by molar-refractivity contribution is -0.0918. The smallest absolute Gasteiger partial charge is 0.417 e. The average Bonchev–Trinajstić information content (AvgIpc) is 3.42. The number of aliphatic hydroxyl groups excluding tert-OH is 1. The lowest BCUT2D eigenvalue weighted by Gasteiger charge is -2.36. The van der Waals surface area contributed by atoms with Crippen molar-refractivity contribution in [3.8, 4) is 11.5 Å². The Labute approximate surface area is 219 Å². The van der Waals surface area contributed by atoms with Gasteiger partial charge in [0.2, 0.25) is 5.95 Å². The Kier molecular flexibility index (Phi) is 6.31. The third-order valence-electron chi connectivity index (χ3n) is 6.00. The summed E-state index contributed by atoms with van der Waals surface area (Å²) in [5.74, 6) is 1.25. The van der Waals surface area contributed by atoms with Gasteiger partial charge >= 0.3 is 6.18 Å². The van der Waals surface area contributed by atoms with Crippen LogP contribution < -0.4 is 15.4 Å². The van der Waals surface area contributed by atoms with Gasteiger partial charge in [-0.25, -0.2) is 14.5 Å². The predicted octanol–water partition coefficient (Wildman–Crippen LogP) is 4.28. The standard InChI is InChI=1S/C23H23ClF3N9O2/c1-11(2)35-10-12(23(25,26)27)7-13(21(35)37)32-22-33-20-18(34(22)4)16(24)14(8-30-20)38-15-9-31-36-6-5-29-19(28-3)17(15)36/h5-11,21,37H,1-4H3,(H,28,29)(H,30,32,33). The van der Waals surface area contributed by atoms with Crippen LogP contribution in [-0.4, -0.2) is 64.6 Å². The van der Waals surface area contributed by atoms with Crippen LogP contribution in [0.4, 0.5) is 24.9 Å². The maximum atomic E-state index is 13.5. The number of alkyl halides is 3. The number of pyridine rings is 1. The van der Waals surface area contributed by atoms with Crippen LogP contribution in [-0.2, 0) is 7.05 Å². The molecule has 15 heteroatoms. The zero-order valence-corrected chi connectivity index (χ0v) is 21.4. The van der Waals surface area contributed by atoms with Gasteiger partial charge in [-0.15, -0.1) is 0 Å². The Morgan fingerprint density at radius 2 is 1.92 bits per heavy atom. The molecule has 1 atom stereocenters. The van der Waals surface area contributed by atoms with Gasteiger partial charge < -0.3 is 29.9 Å². The van der Waals surface area contributed by atoms with Crippen molar-refractivity contribution in [3.05, 3.63) is 53.4 Å². The Hall–Kier alpha value is -4.04. The third-order valence-corrected chi connectivity index (χ3v) is 6.36. The fourth-order valence-electron chi connectivity index (χ4n) is 4.08. The van der Waals surface area contributed by atoms with Crippen molar-refractivity contribution in [2.24, 2.45) is 7.05 Å². The molecule has 0 fully saturated rings. The molecule has 3 N–H and O–H groups in total. The van der Waals surface area contributed by atoms with Gasteiger partial charge in [-0.1, -0.05) is 11.6 Å². The van der Waals surface area contributed by atoms with E-state index in [0.717, 1.165) is 12.3 Å².